The van der Waals surface area contributed by atoms with Gasteiger partial charge in [-0.25, -0.2) is 9.78 Å². The molecule has 0 saturated heterocycles. The van der Waals surface area contributed by atoms with Crippen LogP contribution in [0.5, 0.6) is 5.75 Å². The molecule has 1 aromatic heterocycles. The van der Waals surface area contributed by atoms with Crippen molar-refractivity contribution in [3.8, 4) is 11.4 Å². The number of rotatable bonds is 3. The van der Waals surface area contributed by atoms with Crippen molar-refractivity contribution in [2.75, 3.05) is 20.0 Å². The van der Waals surface area contributed by atoms with Crippen LogP contribution in [0.2, 0.25) is 0 Å². The molecule has 6 nitrogen and oxygen atoms in total. The Hall–Kier alpha value is -2.02. The number of carbonyl (C=O) groups is 1. The minimum Gasteiger partial charge on any atom is -0.495 e. The number of anilines is 1. The third kappa shape index (κ3) is 2.41. The van der Waals surface area contributed by atoms with Crippen molar-refractivity contribution >= 4 is 27.7 Å². The molecule has 0 amide bonds. The quantitative estimate of drug-likeness (QED) is 0.873. The molecule has 1 aromatic carbocycles. The summed E-state index contributed by atoms with van der Waals surface area (Å²) in [5.41, 5.74) is 6.71. The maximum absolute atomic E-state index is 11.4. The number of hydrogen-bond acceptors (Lipinski definition) is 5. The van der Waals surface area contributed by atoms with E-state index in [1.54, 1.807) is 17.7 Å². The molecule has 1 heterocycles. The molecule has 0 radical (unpaired) electrons. The summed E-state index contributed by atoms with van der Waals surface area (Å²) in [6, 6.07) is 5.43. The monoisotopic (exact) mass is 325 g/mol. The molecule has 2 N–H and O–H groups in total. The molecule has 100 valence electrons. The maximum Gasteiger partial charge on any atom is 0.360 e. The van der Waals surface area contributed by atoms with Crippen molar-refractivity contribution in [2.24, 2.45) is 0 Å². The van der Waals surface area contributed by atoms with Gasteiger partial charge in [0.05, 0.1) is 24.4 Å². The number of halogens is 1. The van der Waals surface area contributed by atoms with Gasteiger partial charge in [-0.2, -0.15) is 0 Å². The number of imidazole rings is 1. The smallest absolute Gasteiger partial charge is 0.360 e. The van der Waals surface area contributed by atoms with Gasteiger partial charge in [-0.3, -0.25) is 4.57 Å². The molecule has 19 heavy (non-hydrogen) atoms. The molecule has 0 fully saturated rings. The summed E-state index contributed by atoms with van der Waals surface area (Å²) in [4.78, 5) is 15.4. The van der Waals surface area contributed by atoms with Gasteiger partial charge in [0.1, 0.15) is 17.9 Å². The fourth-order valence-electron chi connectivity index (χ4n) is 1.62. The van der Waals surface area contributed by atoms with Gasteiger partial charge in [-0.15, -0.1) is 0 Å². The molecule has 0 aliphatic carbocycles. The summed E-state index contributed by atoms with van der Waals surface area (Å²) < 4.78 is 12.2. The van der Waals surface area contributed by atoms with Crippen molar-refractivity contribution in [3.63, 3.8) is 0 Å². The number of nitrogens with zero attached hydrogens (tertiary/aromatic N) is 2. The molecule has 0 unspecified atom stereocenters. The van der Waals surface area contributed by atoms with E-state index >= 15 is 0 Å². The highest BCUT2D eigenvalue weighted by Crippen LogP contribution is 2.28. The zero-order valence-corrected chi connectivity index (χ0v) is 12.0. The van der Waals surface area contributed by atoms with E-state index in [2.05, 4.69) is 25.7 Å². The molecule has 7 heteroatoms. The lowest BCUT2D eigenvalue weighted by molar-refractivity contribution is 0.0596. The average molecular weight is 326 g/mol. The second kappa shape index (κ2) is 5.31. The van der Waals surface area contributed by atoms with Crippen LogP contribution in [-0.4, -0.2) is 29.7 Å². The lowest BCUT2D eigenvalue weighted by Crippen LogP contribution is -2.07. The summed E-state index contributed by atoms with van der Waals surface area (Å²) in [5.74, 6) is 0.307. The molecule has 0 atom stereocenters. The zero-order chi connectivity index (χ0) is 14.0. The molecule has 2 rings (SSSR count). The minimum absolute atomic E-state index is 0.0874. The van der Waals surface area contributed by atoms with Gasteiger partial charge in [0.25, 0.3) is 0 Å². The molecule has 0 aliphatic heterocycles. The molecular formula is C12H12BrN3O3. The first-order chi connectivity index (χ1) is 9.08. The third-order valence-electron chi connectivity index (χ3n) is 2.60. The van der Waals surface area contributed by atoms with Crippen LogP contribution in [0.25, 0.3) is 5.69 Å². The van der Waals surface area contributed by atoms with Crippen molar-refractivity contribution in [2.45, 2.75) is 0 Å². The lowest BCUT2D eigenvalue weighted by Gasteiger charge is -2.09. The van der Waals surface area contributed by atoms with Crippen molar-refractivity contribution in [3.05, 3.63) is 34.7 Å². The van der Waals surface area contributed by atoms with E-state index in [-0.39, 0.29) is 11.5 Å². The average Bonchev–Trinajstić information content (AvgIpc) is 2.80. The number of hydrogen-bond donors (Lipinski definition) is 1. The summed E-state index contributed by atoms with van der Waals surface area (Å²) in [6.45, 7) is 0. The first-order valence-corrected chi connectivity index (χ1v) is 6.12. The van der Waals surface area contributed by atoms with Crippen LogP contribution in [0.1, 0.15) is 10.5 Å². The molecule has 0 aliphatic rings. The predicted molar refractivity (Wildman–Crippen MR) is 73.6 cm³/mol. The van der Waals surface area contributed by atoms with Gasteiger partial charge < -0.3 is 15.2 Å². The first kappa shape index (κ1) is 13.4. The Bertz CT molecular complexity index is 625. The Kier molecular flexibility index (Phi) is 3.75. The lowest BCUT2D eigenvalue weighted by atomic mass is 10.3. The van der Waals surface area contributed by atoms with Crippen LogP contribution < -0.4 is 10.5 Å². The number of benzene rings is 1. The Morgan fingerprint density at radius 3 is 2.79 bits per heavy atom. The summed E-state index contributed by atoms with van der Waals surface area (Å²) >= 11 is 3.37. The summed E-state index contributed by atoms with van der Waals surface area (Å²) in [7, 11) is 2.85. The van der Waals surface area contributed by atoms with Gasteiger partial charge >= 0.3 is 5.97 Å². The second-order valence-corrected chi connectivity index (χ2v) is 4.51. The highest BCUT2D eigenvalue weighted by molar-refractivity contribution is 9.10. The molecule has 0 bridgehead atoms. The van der Waals surface area contributed by atoms with E-state index < -0.39 is 5.97 Å². The second-order valence-electron chi connectivity index (χ2n) is 3.66. The number of methoxy groups -OCH3 is 2. The van der Waals surface area contributed by atoms with Gasteiger partial charge in [-0.1, -0.05) is 0 Å². The Labute approximate surface area is 118 Å². The number of aromatic nitrogens is 2. The number of nitrogen functional groups attached to an aromatic ring is 1. The Balaban J connectivity index is 2.48. The van der Waals surface area contributed by atoms with E-state index in [0.29, 0.717) is 5.75 Å². The van der Waals surface area contributed by atoms with Gasteiger partial charge in [0, 0.05) is 6.07 Å². The van der Waals surface area contributed by atoms with Gasteiger partial charge in [0.15, 0.2) is 5.69 Å². The number of nitrogens with two attached hydrogens (primary N) is 1. The van der Waals surface area contributed by atoms with Crippen LogP contribution in [0.15, 0.2) is 29.0 Å². The minimum atomic E-state index is -0.569. The zero-order valence-electron chi connectivity index (χ0n) is 10.4. The predicted octanol–water partition coefficient (Wildman–Crippen LogP) is 2.01. The van der Waals surface area contributed by atoms with E-state index in [9.17, 15) is 4.79 Å². The first-order valence-electron chi connectivity index (χ1n) is 5.33. The van der Waals surface area contributed by atoms with E-state index in [4.69, 9.17) is 10.5 Å². The van der Waals surface area contributed by atoms with Crippen LogP contribution >= 0.6 is 15.9 Å². The third-order valence-corrected chi connectivity index (χ3v) is 3.25. The van der Waals surface area contributed by atoms with Crippen LogP contribution in [-0.2, 0) is 4.74 Å². The number of carbonyl (C=O) groups excluding carboxylic acids is 1. The topological polar surface area (TPSA) is 79.4 Å². The Morgan fingerprint density at radius 2 is 2.16 bits per heavy atom. The van der Waals surface area contributed by atoms with E-state index in [1.807, 2.05) is 12.1 Å². The fourth-order valence-corrected chi connectivity index (χ4v) is 2.02. The molecule has 2 aromatic rings. The van der Waals surface area contributed by atoms with Crippen LogP contribution in [0.4, 0.5) is 5.82 Å². The maximum atomic E-state index is 11.4. The fraction of sp³-hybridized carbons (Fsp3) is 0.167. The van der Waals surface area contributed by atoms with Gasteiger partial charge in [-0.05, 0) is 28.1 Å². The largest absolute Gasteiger partial charge is 0.495 e. The van der Waals surface area contributed by atoms with Crippen molar-refractivity contribution in [1.29, 1.82) is 0 Å². The van der Waals surface area contributed by atoms with Gasteiger partial charge in [0.2, 0.25) is 0 Å². The highest BCUT2D eigenvalue weighted by Gasteiger charge is 2.17. The summed E-state index contributed by atoms with van der Waals surface area (Å²) in [5, 5.41) is 0. The highest BCUT2D eigenvalue weighted by atomic mass is 79.9. The van der Waals surface area contributed by atoms with Crippen LogP contribution in [0.3, 0.4) is 0 Å². The normalized spacial score (nSPS) is 10.3. The Morgan fingerprint density at radius 1 is 1.42 bits per heavy atom. The SMILES string of the molecule is COC(=O)c1ncn(-c2ccc(Br)c(OC)c2)c1N. The number of ether oxygens (including phenoxy) is 2. The molecule has 0 spiro atoms. The molecular weight excluding hydrogens is 314 g/mol. The van der Waals surface area contributed by atoms with Crippen molar-refractivity contribution < 1.29 is 14.3 Å². The number of esters is 1. The summed E-state index contributed by atoms with van der Waals surface area (Å²) in [6.07, 6.45) is 1.46. The van der Waals surface area contributed by atoms with Crippen molar-refractivity contribution in [1.82, 2.24) is 9.55 Å². The van der Waals surface area contributed by atoms with E-state index in [1.165, 1.54) is 13.4 Å². The standard InChI is InChI=1S/C12H12BrN3O3/c1-18-9-5-7(3-4-8(9)13)16-6-15-10(11(16)14)12(17)19-2/h3-6H,14H2,1-2H3. The van der Waals surface area contributed by atoms with Crippen LogP contribution in [0, 0.1) is 0 Å². The molecule has 0 saturated carbocycles. The van der Waals surface area contributed by atoms with E-state index in [0.717, 1.165) is 10.2 Å².